The molecule has 2 N–H and O–H groups in total. The first kappa shape index (κ1) is 13.0. The molecule has 104 valence electrons. The summed E-state index contributed by atoms with van der Waals surface area (Å²) < 4.78 is 2.07. The fraction of sp³-hybridized carbons (Fsp3) is 0.385. The van der Waals surface area contributed by atoms with Gasteiger partial charge in [0, 0.05) is 24.5 Å². The van der Waals surface area contributed by atoms with Crippen molar-refractivity contribution in [2.45, 2.75) is 26.9 Å². The Balaban J connectivity index is 2.05. The first-order chi connectivity index (χ1) is 9.56. The van der Waals surface area contributed by atoms with Gasteiger partial charge in [-0.15, -0.1) is 10.2 Å². The van der Waals surface area contributed by atoms with Gasteiger partial charge >= 0.3 is 0 Å². The van der Waals surface area contributed by atoms with Crippen LogP contribution in [-0.4, -0.2) is 31.3 Å². The highest BCUT2D eigenvalue weighted by atomic mass is 32.1. The molecule has 0 aromatic carbocycles. The molecule has 0 aliphatic carbocycles. The number of hydrogen-bond acceptors (Lipinski definition) is 5. The minimum absolute atomic E-state index is 0.386. The molecule has 0 amide bonds. The lowest BCUT2D eigenvalue weighted by Gasteiger charge is -2.31. The van der Waals surface area contributed by atoms with Crippen LogP contribution in [0.3, 0.4) is 0 Å². The highest BCUT2D eigenvalue weighted by molar-refractivity contribution is 7.80. The van der Waals surface area contributed by atoms with Gasteiger partial charge in [-0.2, -0.15) is 0 Å². The van der Waals surface area contributed by atoms with Gasteiger partial charge in [-0.3, -0.25) is 4.98 Å². The normalized spacial score (nSPS) is 14.2. The smallest absolute Gasteiger partial charge is 0.152 e. The molecule has 3 heterocycles. The highest BCUT2D eigenvalue weighted by Gasteiger charge is 2.22. The molecule has 0 saturated heterocycles. The third kappa shape index (κ3) is 2.14. The Morgan fingerprint density at radius 1 is 1.35 bits per heavy atom. The molecule has 1 aliphatic rings. The molecular weight excluding hydrogens is 272 g/mol. The van der Waals surface area contributed by atoms with Crippen molar-refractivity contribution in [3.63, 3.8) is 0 Å². The van der Waals surface area contributed by atoms with Crippen LogP contribution >= 0.6 is 12.2 Å². The lowest BCUT2D eigenvalue weighted by molar-refractivity contribution is 0.559. The van der Waals surface area contributed by atoms with Gasteiger partial charge in [-0.25, -0.2) is 0 Å². The summed E-state index contributed by atoms with van der Waals surface area (Å²) in [4.78, 5) is 7.08. The second kappa shape index (κ2) is 4.82. The molecule has 6 nitrogen and oxygen atoms in total. The van der Waals surface area contributed by atoms with E-state index >= 15 is 0 Å². The van der Waals surface area contributed by atoms with E-state index in [0.717, 1.165) is 41.6 Å². The van der Waals surface area contributed by atoms with Crippen LogP contribution in [0.2, 0.25) is 0 Å². The molecular formula is C13H16N6S. The van der Waals surface area contributed by atoms with Crippen LogP contribution in [0.25, 0.3) is 0 Å². The first-order valence-corrected chi connectivity index (χ1v) is 6.87. The van der Waals surface area contributed by atoms with Gasteiger partial charge in [-0.05, 0) is 19.9 Å². The van der Waals surface area contributed by atoms with E-state index < -0.39 is 0 Å². The van der Waals surface area contributed by atoms with Crippen LogP contribution in [-0.2, 0) is 13.1 Å². The van der Waals surface area contributed by atoms with E-state index in [4.69, 9.17) is 18.0 Å². The molecule has 1 aliphatic heterocycles. The van der Waals surface area contributed by atoms with Crippen molar-refractivity contribution in [1.82, 2.24) is 19.7 Å². The molecule has 0 saturated carbocycles. The van der Waals surface area contributed by atoms with Crippen molar-refractivity contribution < 1.29 is 0 Å². The monoisotopic (exact) mass is 288 g/mol. The number of rotatable bonds is 2. The van der Waals surface area contributed by atoms with E-state index in [2.05, 4.69) is 24.6 Å². The van der Waals surface area contributed by atoms with Crippen molar-refractivity contribution in [2.75, 3.05) is 11.4 Å². The minimum Gasteiger partial charge on any atom is -0.389 e. The summed E-state index contributed by atoms with van der Waals surface area (Å²) in [5, 5.41) is 8.09. The highest BCUT2D eigenvalue weighted by Crippen LogP contribution is 2.27. The maximum atomic E-state index is 5.88. The number of thiocarbonyl (C=S) groups is 1. The van der Waals surface area contributed by atoms with Crippen molar-refractivity contribution in [2.24, 2.45) is 5.73 Å². The van der Waals surface area contributed by atoms with E-state index in [1.54, 1.807) is 6.33 Å². The predicted molar refractivity (Wildman–Crippen MR) is 80.7 cm³/mol. The molecule has 0 bridgehead atoms. The van der Waals surface area contributed by atoms with Crippen LogP contribution in [0, 0.1) is 13.8 Å². The SMILES string of the molecule is Cc1cc(N2CCn3cnnc3C2)c(C(N)=S)c(C)n1. The van der Waals surface area contributed by atoms with Crippen molar-refractivity contribution in [3.05, 3.63) is 35.2 Å². The zero-order chi connectivity index (χ0) is 14.3. The van der Waals surface area contributed by atoms with E-state index in [9.17, 15) is 0 Å². The Morgan fingerprint density at radius 3 is 2.90 bits per heavy atom. The lowest BCUT2D eigenvalue weighted by atomic mass is 10.1. The van der Waals surface area contributed by atoms with Gasteiger partial charge in [-0.1, -0.05) is 12.2 Å². The zero-order valence-corrected chi connectivity index (χ0v) is 12.3. The van der Waals surface area contributed by atoms with E-state index in [1.807, 2.05) is 19.9 Å². The fourth-order valence-electron chi connectivity index (χ4n) is 2.63. The summed E-state index contributed by atoms with van der Waals surface area (Å²) in [6.45, 7) is 6.37. The number of aryl methyl sites for hydroxylation is 2. The Bertz CT molecular complexity index is 677. The molecule has 2 aromatic heterocycles. The van der Waals surface area contributed by atoms with Crippen LogP contribution in [0.5, 0.6) is 0 Å². The summed E-state index contributed by atoms with van der Waals surface area (Å²) >= 11 is 5.19. The second-order valence-corrected chi connectivity index (χ2v) is 5.41. The number of nitrogens with two attached hydrogens (primary N) is 1. The second-order valence-electron chi connectivity index (χ2n) is 4.97. The summed E-state index contributed by atoms with van der Waals surface area (Å²) in [5.41, 5.74) is 9.61. The Labute approximate surface area is 122 Å². The van der Waals surface area contributed by atoms with Gasteiger partial charge in [0.25, 0.3) is 0 Å². The van der Waals surface area contributed by atoms with Gasteiger partial charge in [0.15, 0.2) is 5.82 Å². The number of nitrogens with zero attached hydrogens (tertiary/aromatic N) is 5. The zero-order valence-electron chi connectivity index (χ0n) is 11.5. The van der Waals surface area contributed by atoms with Crippen LogP contribution in [0.4, 0.5) is 5.69 Å². The number of pyridine rings is 1. The molecule has 0 atom stereocenters. The molecule has 2 aromatic rings. The van der Waals surface area contributed by atoms with E-state index in [0.29, 0.717) is 11.5 Å². The maximum Gasteiger partial charge on any atom is 0.152 e. The third-order valence-corrected chi connectivity index (χ3v) is 3.74. The molecule has 0 fully saturated rings. The van der Waals surface area contributed by atoms with Gasteiger partial charge in [0.05, 0.1) is 17.8 Å². The largest absolute Gasteiger partial charge is 0.389 e. The molecule has 20 heavy (non-hydrogen) atoms. The summed E-state index contributed by atoms with van der Waals surface area (Å²) in [6.07, 6.45) is 1.77. The van der Waals surface area contributed by atoms with Crippen LogP contribution in [0.15, 0.2) is 12.4 Å². The summed E-state index contributed by atoms with van der Waals surface area (Å²) in [7, 11) is 0. The lowest BCUT2D eigenvalue weighted by Crippen LogP contribution is -2.35. The number of aromatic nitrogens is 4. The molecule has 0 radical (unpaired) electrons. The Hall–Kier alpha value is -2.02. The average molecular weight is 288 g/mol. The third-order valence-electron chi connectivity index (χ3n) is 3.53. The number of anilines is 1. The van der Waals surface area contributed by atoms with E-state index in [-0.39, 0.29) is 0 Å². The molecule has 3 rings (SSSR count). The van der Waals surface area contributed by atoms with Crippen molar-refractivity contribution in [3.8, 4) is 0 Å². The minimum atomic E-state index is 0.386. The standard InChI is InChI=1S/C13H16N6S/c1-8-5-10(12(13(14)20)9(2)16-8)18-3-4-19-7-15-17-11(19)6-18/h5,7H,3-4,6H2,1-2H3,(H2,14,20). The van der Waals surface area contributed by atoms with Crippen molar-refractivity contribution in [1.29, 1.82) is 0 Å². The molecule has 0 spiro atoms. The maximum absolute atomic E-state index is 5.88. The molecule has 7 heteroatoms. The molecule has 0 unspecified atom stereocenters. The quantitative estimate of drug-likeness (QED) is 0.829. The number of hydrogen-bond donors (Lipinski definition) is 1. The fourth-order valence-corrected chi connectivity index (χ4v) is 2.89. The van der Waals surface area contributed by atoms with Crippen LogP contribution in [0.1, 0.15) is 22.8 Å². The predicted octanol–water partition coefficient (Wildman–Crippen LogP) is 0.944. The van der Waals surface area contributed by atoms with Gasteiger partial charge in [0.1, 0.15) is 11.3 Å². The van der Waals surface area contributed by atoms with E-state index in [1.165, 1.54) is 0 Å². The topological polar surface area (TPSA) is 72.9 Å². The van der Waals surface area contributed by atoms with Gasteiger partial charge in [0.2, 0.25) is 0 Å². The Morgan fingerprint density at radius 2 is 2.15 bits per heavy atom. The van der Waals surface area contributed by atoms with Gasteiger partial charge < -0.3 is 15.2 Å². The summed E-state index contributed by atoms with van der Waals surface area (Å²) in [5.74, 6) is 0.956. The average Bonchev–Trinajstić information content (AvgIpc) is 2.84. The Kier molecular flexibility index (Phi) is 3.13. The first-order valence-electron chi connectivity index (χ1n) is 6.46. The number of fused-ring (bicyclic) bond motifs is 1. The van der Waals surface area contributed by atoms with Crippen LogP contribution < -0.4 is 10.6 Å². The summed E-state index contributed by atoms with van der Waals surface area (Å²) in [6, 6.07) is 2.04. The van der Waals surface area contributed by atoms with Crippen molar-refractivity contribution >= 4 is 22.9 Å².